The second-order valence-electron chi connectivity index (χ2n) is 4.61. The molecule has 0 fully saturated rings. The fourth-order valence-corrected chi connectivity index (χ4v) is 2.17. The number of pyridine rings is 2. The molecule has 22 heavy (non-hydrogen) atoms. The molecule has 112 valence electrons. The molecule has 4 N–H and O–H groups in total. The van der Waals surface area contributed by atoms with Gasteiger partial charge < -0.3 is 20.7 Å². The maximum absolute atomic E-state index is 12.3. The lowest BCUT2D eigenvalue weighted by Crippen LogP contribution is -2.22. The molecule has 3 heterocycles. The number of hydrogen-bond donors (Lipinski definition) is 3. The highest BCUT2D eigenvalue weighted by atomic mass is 16.3. The minimum absolute atomic E-state index is 0.120. The fraction of sp³-hybridized carbons (Fsp3) is 0.143. The molecule has 0 saturated carbocycles. The van der Waals surface area contributed by atoms with Crippen molar-refractivity contribution >= 4 is 28.2 Å². The Balaban J connectivity index is 2.06. The average molecular weight is 298 g/mol. The Morgan fingerprint density at radius 2 is 2.18 bits per heavy atom. The molecule has 8 heteroatoms. The molecular formula is C14H14N6O2. The predicted molar refractivity (Wildman–Crippen MR) is 82.8 cm³/mol. The third kappa shape index (κ3) is 2.59. The van der Waals surface area contributed by atoms with Gasteiger partial charge in [-0.25, -0.2) is 9.97 Å². The second kappa shape index (κ2) is 5.78. The van der Waals surface area contributed by atoms with Gasteiger partial charge in [0, 0.05) is 25.1 Å². The molecule has 3 aromatic heterocycles. The summed E-state index contributed by atoms with van der Waals surface area (Å²) in [6.07, 6.45) is 6.30. The normalized spacial score (nSPS) is 10.8. The highest BCUT2D eigenvalue weighted by Gasteiger charge is 2.10. The van der Waals surface area contributed by atoms with Crippen LogP contribution in [0.5, 0.6) is 0 Å². The zero-order valence-corrected chi connectivity index (χ0v) is 11.6. The van der Waals surface area contributed by atoms with E-state index in [4.69, 9.17) is 10.8 Å². The molecule has 0 aliphatic carbocycles. The quantitative estimate of drug-likeness (QED) is 0.641. The molecule has 3 aromatic rings. The first-order valence-corrected chi connectivity index (χ1v) is 6.62. The predicted octanol–water partition coefficient (Wildman–Crippen LogP) is 0.505. The molecule has 0 radical (unpaired) electrons. The summed E-state index contributed by atoms with van der Waals surface area (Å²) in [5, 5.41) is 12.9. The van der Waals surface area contributed by atoms with Crippen molar-refractivity contribution in [3.8, 4) is 0 Å². The largest absolute Gasteiger partial charge is 0.395 e. The first-order valence-electron chi connectivity index (χ1n) is 6.62. The summed E-state index contributed by atoms with van der Waals surface area (Å²) in [4.78, 5) is 24.5. The number of aliphatic hydroxyl groups is 1. The molecule has 3 rings (SSSR count). The van der Waals surface area contributed by atoms with E-state index >= 15 is 0 Å². The lowest BCUT2D eigenvalue weighted by atomic mass is 10.2. The smallest absolute Gasteiger partial charge is 0.262 e. The number of fused-ring (bicyclic) bond motifs is 1. The first kappa shape index (κ1) is 14.0. The first-order chi connectivity index (χ1) is 10.7. The molecule has 8 nitrogen and oxygen atoms in total. The summed E-state index contributed by atoms with van der Waals surface area (Å²) >= 11 is 0. The van der Waals surface area contributed by atoms with E-state index in [1.165, 1.54) is 4.57 Å². The van der Waals surface area contributed by atoms with E-state index in [0.29, 0.717) is 22.4 Å². The van der Waals surface area contributed by atoms with Crippen LogP contribution in [-0.2, 0) is 6.54 Å². The van der Waals surface area contributed by atoms with Crippen molar-refractivity contribution in [1.82, 2.24) is 19.5 Å². The van der Waals surface area contributed by atoms with Crippen molar-refractivity contribution < 1.29 is 5.11 Å². The van der Waals surface area contributed by atoms with Gasteiger partial charge in [0.25, 0.3) is 5.56 Å². The standard InChI is InChI=1S/C14H14N6O2/c15-13-12-9(1-4-20(5-6-21)14(12)22)7-10(19-13)18-11-8-16-2-3-17-11/h1-4,7-8,21H,5-6H2,(H3,15,17,18,19). The number of aromatic nitrogens is 4. The number of nitrogens with zero attached hydrogens (tertiary/aromatic N) is 4. The lowest BCUT2D eigenvalue weighted by molar-refractivity contribution is 0.274. The SMILES string of the molecule is Nc1nc(Nc2cnccn2)cc2ccn(CCO)c(=O)c12. The van der Waals surface area contributed by atoms with Crippen LogP contribution in [0.25, 0.3) is 10.8 Å². The van der Waals surface area contributed by atoms with Crippen LogP contribution in [0.1, 0.15) is 0 Å². The van der Waals surface area contributed by atoms with E-state index in [9.17, 15) is 4.79 Å². The Bertz CT molecular complexity index is 862. The van der Waals surface area contributed by atoms with Gasteiger partial charge in [0.1, 0.15) is 17.5 Å². The van der Waals surface area contributed by atoms with E-state index in [1.807, 2.05) is 0 Å². The Morgan fingerprint density at radius 3 is 2.91 bits per heavy atom. The summed E-state index contributed by atoms with van der Waals surface area (Å²) in [5.74, 6) is 1.13. The highest BCUT2D eigenvalue weighted by Crippen LogP contribution is 2.21. The number of rotatable bonds is 4. The Hall–Kier alpha value is -3.00. The van der Waals surface area contributed by atoms with E-state index in [-0.39, 0.29) is 24.5 Å². The van der Waals surface area contributed by atoms with E-state index in [0.717, 1.165) is 0 Å². The molecule has 0 saturated heterocycles. The monoisotopic (exact) mass is 298 g/mol. The van der Waals surface area contributed by atoms with Crippen molar-refractivity contribution in [2.24, 2.45) is 0 Å². The molecule has 0 unspecified atom stereocenters. The van der Waals surface area contributed by atoms with Crippen LogP contribution in [0, 0.1) is 0 Å². The lowest BCUT2D eigenvalue weighted by Gasteiger charge is -2.09. The van der Waals surface area contributed by atoms with Crippen LogP contribution < -0.4 is 16.6 Å². The number of nitrogens with two attached hydrogens (primary N) is 1. The van der Waals surface area contributed by atoms with E-state index < -0.39 is 0 Å². The maximum atomic E-state index is 12.3. The number of hydrogen-bond acceptors (Lipinski definition) is 7. The number of nitrogens with one attached hydrogen (secondary N) is 1. The summed E-state index contributed by atoms with van der Waals surface area (Å²) in [6.45, 7) is 0.0961. The molecular weight excluding hydrogens is 284 g/mol. The summed E-state index contributed by atoms with van der Waals surface area (Å²) in [5.41, 5.74) is 5.64. The fourth-order valence-electron chi connectivity index (χ4n) is 2.17. The van der Waals surface area contributed by atoms with Gasteiger partial charge >= 0.3 is 0 Å². The topological polar surface area (TPSA) is 119 Å². The zero-order chi connectivity index (χ0) is 15.5. The van der Waals surface area contributed by atoms with Crippen molar-refractivity contribution in [1.29, 1.82) is 0 Å². The minimum atomic E-state index is -0.275. The third-order valence-corrected chi connectivity index (χ3v) is 3.15. The van der Waals surface area contributed by atoms with Gasteiger partial charge in [-0.2, -0.15) is 0 Å². The molecule has 0 aliphatic rings. The van der Waals surface area contributed by atoms with Crippen LogP contribution in [0.15, 0.2) is 41.7 Å². The van der Waals surface area contributed by atoms with Crippen molar-refractivity contribution in [3.05, 3.63) is 47.3 Å². The van der Waals surface area contributed by atoms with Gasteiger partial charge in [-0.05, 0) is 17.5 Å². The summed E-state index contributed by atoms with van der Waals surface area (Å²) in [7, 11) is 0. The van der Waals surface area contributed by atoms with Gasteiger partial charge in [0.2, 0.25) is 0 Å². The van der Waals surface area contributed by atoms with Crippen LogP contribution in [0.4, 0.5) is 17.5 Å². The van der Waals surface area contributed by atoms with Crippen LogP contribution >= 0.6 is 0 Å². The van der Waals surface area contributed by atoms with Crippen LogP contribution in [0.2, 0.25) is 0 Å². The Morgan fingerprint density at radius 1 is 1.32 bits per heavy atom. The van der Waals surface area contributed by atoms with Gasteiger partial charge in [-0.15, -0.1) is 0 Å². The Labute approximate surface area is 125 Å². The van der Waals surface area contributed by atoms with Gasteiger partial charge in [-0.3, -0.25) is 9.78 Å². The minimum Gasteiger partial charge on any atom is -0.395 e. The molecule has 0 spiro atoms. The van der Waals surface area contributed by atoms with Crippen LogP contribution in [0.3, 0.4) is 0 Å². The third-order valence-electron chi connectivity index (χ3n) is 3.15. The number of aliphatic hydroxyl groups excluding tert-OH is 1. The molecule has 0 atom stereocenters. The molecule has 0 amide bonds. The molecule has 0 aliphatic heterocycles. The average Bonchev–Trinajstić information content (AvgIpc) is 2.51. The van der Waals surface area contributed by atoms with Gasteiger partial charge in [0.15, 0.2) is 0 Å². The van der Waals surface area contributed by atoms with E-state index in [2.05, 4.69) is 20.3 Å². The van der Waals surface area contributed by atoms with Gasteiger partial charge in [-0.1, -0.05) is 0 Å². The second-order valence-corrected chi connectivity index (χ2v) is 4.61. The highest BCUT2D eigenvalue weighted by molar-refractivity contribution is 5.92. The van der Waals surface area contributed by atoms with Crippen molar-refractivity contribution in [2.45, 2.75) is 6.54 Å². The number of nitrogen functional groups attached to an aromatic ring is 1. The van der Waals surface area contributed by atoms with E-state index in [1.54, 1.807) is 36.9 Å². The maximum Gasteiger partial charge on any atom is 0.262 e. The molecule has 0 aromatic carbocycles. The van der Waals surface area contributed by atoms with Gasteiger partial charge in [0.05, 0.1) is 18.2 Å². The Kier molecular flexibility index (Phi) is 3.67. The van der Waals surface area contributed by atoms with Crippen molar-refractivity contribution in [3.63, 3.8) is 0 Å². The summed E-state index contributed by atoms with van der Waals surface area (Å²) < 4.78 is 1.40. The zero-order valence-electron chi connectivity index (χ0n) is 11.6. The summed E-state index contributed by atoms with van der Waals surface area (Å²) in [6, 6.07) is 3.47. The van der Waals surface area contributed by atoms with Crippen LogP contribution in [-0.4, -0.2) is 31.2 Å². The molecule has 0 bridgehead atoms. The van der Waals surface area contributed by atoms with Crippen molar-refractivity contribution in [2.75, 3.05) is 17.7 Å². The number of anilines is 3.